The zero-order chi connectivity index (χ0) is 12.8. The summed E-state index contributed by atoms with van der Waals surface area (Å²) in [6.45, 7) is 5.96. The van der Waals surface area contributed by atoms with Crippen LogP contribution < -0.4 is 5.73 Å². The molecule has 18 heavy (non-hydrogen) atoms. The van der Waals surface area contributed by atoms with E-state index in [4.69, 9.17) is 5.73 Å². The molecule has 0 aliphatic carbocycles. The highest BCUT2D eigenvalue weighted by molar-refractivity contribution is 5.46. The minimum absolute atomic E-state index is 0.870. The first-order valence-corrected chi connectivity index (χ1v) is 6.32. The van der Waals surface area contributed by atoms with Gasteiger partial charge in [0.25, 0.3) is 0 Å². The third kappa shape index (κ3) is 3.34. The third-order valence-corrected chi connectivity index (χ3v) is 3.10. The molecule has 2 N–H and O–H groups in total. The van der Waals surface area contributed by atoms with Crippen LogP contribution in [0.2, 0.25) is 0 Å². The summed E-state index contributed by atoms with van der Waals surface area (Å²) in [4.78, 5) is 2.37. The SMILES string of the molecule is CCN(CCn1cccn1)Cc1ccccc1N. The van der Waals surface area contributed by atoms with Crippen molar-refractivity contribution in [3.05, 3.63) is 48.3 Å². The highest BCUT2D eigenvalue weighted by atomic mass is 15.3. The molecule has 4 nitrogen and oxygen atoms in total. The Bertz CT molecular complexity index is 464. The number of hydrogen-bond acceptors (Lipinski definition) is 3. The fourth-order valence-corrected chi connectivity index (χ4v) is 1.94. The van der Waals surface area contributed by atoms with E-state index in [1.165, 1.54) is 5.56 Å². The van der Waals surface area contributed by atoms with Gasteiger partial charge < -0.3 is 5.73 Å². The Balaban J connectivity index is 1.91. The minimum Gasteiger partial charge on any atom is -0.398 e. The first-order chi connectivity index (χ1) is 8.79. The van der Waals surface area contributed by atoms with Crippen LogP contribution in [0.4, 0.5) is 5.69 Å². The number of aromatic nitrogens is 2. The lowest BCUT2D eigenvalue weighted by Gasteiger charge is -2.21. The predicted octanol–water partition coefficient (Wildman–Crippen LogP) is 1.99. The molecule has 0 fully saturated rings. The van der Waals surface area contributed by atoms with Gasteiger partial charge in [-0.3, -0.25) is 9.58 Å². The molecule has 96 valence electrons. The number of rotatable bonds is 6. The number of nitrogens with zero attached hydrogens (tertiary/aromatic N) is 3. The Morgan fingerprint density at radius 3 is 2.78 bits per heavy atom. The quantitative estimate of drug-likeness (QED) is 0.790. The Morgan fingerprint density at radius 2 is 2.11 bits per heavy atom. The molecule has 0 amide bonds. The number of nitrogen functional groups attached to an aromatic ring is 1. The molecule has 0 radical (unpaired) electrons. The molecule has 1 aromatic heterocycles. The van der Waals surface area contributed by atoms with Gasteiger partial charge in [-0.05, 0) is 24.2 Å². The number of anilines is 1. The standard InChI is InChI=1S/C14H20N4/c1-2-17(10-11-18-9-5-8-16-18)12-13-6-3-4-7-14(13)15/h3-9H,2,10-12,15H2,1H3. The van der Waals surface area contributed by atoms with Crippen LogP contribution in [0.5, 0.6) is 0 Å². The molecule has 0 aliphatic heterocycles. The van der Waals surface area contributed by atoms with Crippen molar-refractivity contribution in [1.29, 1.82) is 0 Å². The summed E-state index contributed by atoms with van der Waals surface area (Å²) < 4.78 is 1.96. The van der Waals surface area contributed by atoms with Gasteiger partial charge in [0.2, 0.25) is 0 Å². The summed E-state index contributed by atoms with van der Waals surface area (Å²) in [6, 6.07) is 10.00. The van der Waals surface area contributed by atoms with Crippen molar-refractivity contribution in [1.82, 2.24) is 14.7 Å². The lowest BCUT2D eigenvalue weighted by molar-refractivity contribution is 0.264. The van der Waals surface area contributed by atoms with Crippen molar-refractivity contribution in [2.75, 3.05) is 18.8 Å². The number of benzene rings is 1. The van der Waals surface area contributed by atoms with E-state index < -0.39 is 0 Å². The lowest BCUT2D eigenvalue weighted by atomic mass is 10.1. The van der Waals surface area contributed by atoms with Gasteiger partial charge in [-0.2, -0.15) is 5.10 Å². The fourth-order valence-electron chi connectivity index (χ4n) is 1.94. The zero-order valence-electron chi connectivity index (χ0n) is 10.8. The molecule has 0 saturated heterocycles. The van der Waals surface area contributed by atoms with Crippen molar-refractivity contribution in [2.24, 2.45) is 0 Å². The van der Waals surface area contributed by atoms with E-state index in [9.17, 15) is 0 Å². The van der Waals surface area contributed by atoms with Crippen molar-refractivity contribution in [3.8, 4) is 0 Å². The maximum atomic E-state index is 5.97. The van der Waals surface area contributed by atoms with Crippen molar-refractivity contribution >= 4 is 5.69 Å². The summed E-state index contributed by atoms with van der Waals surface area (Å²) >= 11 is 0. The summed E-state index contributed by atoms with van der Waals surface area (Å²) in [5, 5.41) is 4.21. The molecule has 2 aromatic rings. The second kappa shape index (κ2) is 6.21. The van der Waals surface area contributed by atoms with Crippen LogP contribution in [0.15, 0.2) is 42.7 Å². The Hall–Kier alpha value is -1.81. The van der Waals surface area contributed by atoms with E-state index >= 15 is 0 Å². The molecular weight excluding hydrogens is 224 g/mol. The van der Waals surface area contributed by atoms with Crippen molar-refractivity contribution in [2.45, 2.75) is 20.0 Å². The number of likely N-dealkylation sites (N-methyl/N-ethyl adjacent to an activating group) is 1. The van der Waals surface area contributed by atoms with Crippen LogP contribution in [0.1, 0.15) is 12.5 Å². The zero-order valence-corrected chi connectivity index (χ0v) is 10.8. The molecule has 0 atom stereocenters. The summed E-state index contributed by atoms with van der Waals surface area (Å²) in [5.74, 6) is 0. The smallest absolute Gasteiger partial charge is 0.0536 e. The number of nitrogens with two attached hydrogens (primary N) is 1. The van der Waals surface area contributed by atoms with Gasteiger partial charge >= 0.3 is 0 Å². The Morgan fingerprint density at radius 1 is 1.28 bits per heavy atom. The van der Waals surface area contributed by atoms with E-state index in [1.807, 2.05) is 41.3 Å². The van der Waals surface area contributed by atoms with Gasteiger partial charge in [0, 0.05) is 31.2 Å². The van der Waals surface area contributed by atoms with Crippen LogP contribution in [-0.4, -0.2) is 27.8 Å². The van der Waals surface area contributed by atoms with Gasteiger partial charge in [0.05, 0.1) is 6.54 Å². The molecule has 0 aliphatic rings. The van der Waals surface area contributed by atoms with E-state index in [1.54, 1.807) is 0 Å². The summed E-state index contributed by atoms with van der Waals surface area (Å²) in [6.07, 6.45) is 3.80. The monoisotopic (exact) mass is 244 g/mol. The normalized spacial score (nSPS) is 11.0. The number of para-hydroxylation sites is 1. The minimum atomic E-state index is 0.870. The second-order valence-electron chi connectivity index (χ2n) is 4.34. The average Bonchev–Trinajstić information content (AvgIpc) is 2.90. The largest absolute Gasteiger partial charge is 0.398 e. The molecule has 0 unspecified atom stereocenters. The van der Waals surface area contributed by atoms with Crippen molar-refractivity contribution < 1.29 is 0 Å². The van der Waals surface area contributed by atoms with Gasteiger partial charge in [0.1, 0.15) is 0 Å². The summed E-state index contributed by atoms with van der Waals surface area (Å²) in [7, 11) is 0. The van der Waals surface area contributed by atoms with E-state index in [-0.39, 0.29) is 0 Å². The van der Waals surface area contributed by atoms with E-state index in [0.717, 1.165) is 31.9 Å². The van der Waals surface area contributed by atoms with Gasteiger partial charge in [-0.25, -0.2) is 0 Å². The van der Waals surface area contributed by atoms with Crippen LogP contribution >= 0.6 is 0 Å². The van der Waals surface area contributed by atoms with Crippen molar-refractivity contribution in [3.63, 3.8) is 0 Å². The fraction of sp³-hybridized carbons (Fsp3) is 0.357. The lowest BCUT2D eigenvalue weighted by Crippen LogP contribution is -2.27. The highest BCUT2D eigenvalue weighted by Crippen LogP contribution is 2.13. The van der Waals surface area contributed by atoms with Gasteiger partial charge in [0.15, 0.2) is 0 Å². The average molecular weight is 244 g/mol. The predicted molar refractivity (Wildman–Crippen MR) is 74.0 cm³/mol. The maximum Gasteiger partial charge on any atom is 0.0536 e. The third-order valence-electron chi connectivity index (χ3n) is 3.10. The molecule has 0 bridgehead atoms. The second-order valence-corrected chi connectivity index (χ2v) is 4.34. The van der Waals surface area contributed by atoms with Crippen LogP contribution in [0.25, 0.3) is 0 Å². The van der Waals surface area contributed by atoms with Crippen LogP contribution in [0, 0.1) is 0 Å². The first kappa shape index (κ1) is 12.6. The summed E-state index contributed by atoms with van der Waals surface area (Å²) in [5.41, 5.74) is 8.03. The first-order valence-electron chi connectivity index (χ1n) is 6.32. The Kier molecular flexibility index (Phi) is 4.36. The Labute approximate surface area is 108 Å². The van der Waals surface area contributed by atoms with E-state index in [2.05, 4.69) is 23.0 Å². The highest BCUT2D eigenvalue weighted by Gasteiger charge is 2.06. The van der Waals surface area contributed by atoms with Gasteiger partial charge in [-0.15, -0.1) is 0 Å². The topological polar surface area (TPSA) is 47.1 Å². The molecular formula is C14H20N4. The molecule has 0 saturated carbocycles. The number of hydrogen-bond donors (Lipinski definition) is 1. The molecule has 1 aromatic carbocycles. The molecule has 2 rings (SSSR count). The maximum absolute atomic E-state index is 5.97. The molecule has 0 spiro atoms. The molecule has 4 heteroatoms. The van der Waals surface area contributed by atoms with E-state index in [0.29, 0.717) is 0 Å². The van der Waals surface area contributed by atoms with Gasteiger partial charge in [-0.1, -0.05) is 25.1 Å². The van der Waals surface area contributed by atoms with Crippen LogP contribution in [0.3, 0.4) is 0 Å². The molecule has 1 heterocycles. The van der Waals surface area contributed by atoms with Crippen LogP contribution in [-0.2, 0) is 13.1 Å².